The highest BCUT2D eigenvalue weighted by Gasteiger charge is 2.48. The van der Waals surface area contributed by atoms with E-state index in [4.69, 9.17) is 4.74 Å². The molecule has 1 spiro atoms. The van der Waals surface area contributed by atoms with E-state index in [1.54, 1.807) is 0 Å². The van der Waals surface area contributed by atoms with Gasteiger partial charge in [0.1, 0.15) is 5.75 Å². The van der Waals surface area contributed by atoms with Crippen molar-refractivity contribution in [2.75, 3.05) is 25.0 Å². The zero-order chi connectivity index (χ0) is 19.6. The van der Waals surface area contributed by atoms with Gasteiger partial charge in [-0.15, -0.1) is 0 Å². The molecule has 0 atom stereocenters. The topological polar surface area (TPSA) is 58.6 Å². The number of para-hydroxylation sites is 2. The zero-order valence-corrected chi connectivity index (χ0v) is 16.2. The van der Waals surface area contributed by atoms with E-state index in [9.17, 15) is 9.59 Å². The second-order valence-electron chi connectivity index (χ2n) is 7.61. The summed E-state index contributed by atoms with van der Waals surface area (Å²) in [7, 11) is 0. The van der Waals surface area contributed by atoms with Crippen LogP contribution in [-0.2, 0) is 21.4 Å². The van der Waals surface area contributed by atoms with Gasteiger partial charge < -0.3 is 15.0 Å². The monoisotopic (exact) mass is 378 g/mol. The molecule has 1 fully saturated rings. The van der Waals surface area contributed by atoms with Crippen molar-refractivity contribution < 1.29 is 14.3 Å². The molecule has 0 radical (unpaired) electrons. The number of hydrogen-bond donors (Lipinski definition) is 1. The molecule has 2 aliphatic rings. The van der Waals surface area contributed by atoms with Crippen LogP contribution in [0.3, 0.4) is 0 Å². The van der Waals surface area contributed by atoms with Crippen LogP contribution in [0.2, 0.25) is 0 Å². The largest absolute Gasteiger partial charge is 0.483 e. The highest BCUT2D eigenvalue weighted by Crippen LogP contribution is 2.44. The lowest BCUT2D eigenvalue weighted by Gasteiger charge is -2.38. The summed E-state index contributed by atoms with van der Waals surface area (Å²) < 4.78 is 5.83. The Labute approximate surface area is 165 Å². The molecule has 2 aromatic carbocycles. The zero-order valence-electron chi connectivity index (χ0n) is 16.2. The van der Waals surface area contributed by atoms with E-state index >= 15 is 0 Å². The third-order valence-corrected chi connectivity index (χ3v) is 5.94. The third-order valence-electron chi connectivity index (χ3n) is 5.94. The van der Waals surface area contributed by atoms with Gasteiger partial charge in [0.25, 0.3) is 5.91 Å². The average molecular weight is 378 g/mol. The molecule has 2 heterocycles. The van der Waals surface area contributed by atoms with Gasteiger partial charge in [0.2, 0.25) is 5.91 Å². The van der Waals surface area contributed by atoms with Gasteiger partial charge in [0, 0.05) is 18.8 Å². The number of carbonyl (C=O) groups excluding carboxylic acids is 2. The van der Waals surface area contributed by atoms with Gasteiger partial charge >= 0.3 is 0 Å². The number of ether oxygens (including phenoxy) is 1. The predicted molar refractivity (Wildman–Crippen MR) is 108 cm³/mol. The van der Waals surface area contributed by atoms with Gasteiger partial charge in [0.05, 0.1) is 5.41 Å². The van der Waals surface area contributed by atoms with Crippen molar-refractivity contribution in [2.45, 2.75) is 38.0 Å². The molecule has 1 N–H and O–H groups in total. The number of anilines is 1. The number of nitrogens with one attached hydrogen (secondary N) is 1. The van der Waals surface area contributed by atoms with Crippen LogP contribution in [0, 0.1) is 0 Å². The van der Waals surface area contributed by atoms with Crippen molar-refractivity contribution in [1.82, 2.24) is 4.90 Å². The molecule has 0 bridgehead atoms. The van der Waals surface area contributed by atoms with Crippen molar-refractivity contribution in [3.05, 3.63) is 59.7 Å². The highest BCUT2D eigenvalue weighted by molar-refractivity contribution is 6.06. The van der Waals surface area contributed by atoms with Crippen LogP contribution in [-0.4, -0.2) is 36.4 Å². The normalized spacial score (nSPS) is 17.3. The maximum absolute atomic E-state index is 12.7. The molecule has 28 heavy (non-hydrogen) atoms. The lowest BCUT2D eigenvalue weighted by atomic mass is 9.73. The minimum atomic E-state index is -0.498. The van der Waals surface area contributed by atoms with E-state index in [1.165, 1.54) is 0 Å². The molecule has 4 rings (SSSR count). The Morgan fingerprint density at radius 2 is 1.82 bits per heavy atom. The summed E-state index contributed by atoms with van der Waals surface area (Å²) in [5, 5.41) is 3.00. The summed E-state index contributed by atoms with van der Waals surface area (Å²) in [5.74, 6) is 0.827. The number of hydrogen-bond acceptors (Lipinski definition) is 3. The number of likely N-dealkylation sites (tertiary alicyclic amines) is 1. The first-order valence-corrected chi connectivity index (χ1v) is 10.0. The number of piperidine rings is 1. The average Bonchev–Trinajstić information content (AvgIpc) is 2.99. The van der Waals surface area contributed by atoms with Crippen LogP contribution in [0.1, 0.15) is 37.3 Å². The van der Waals surface area contributed by atoms with E-state index in [-0.39, 0.29) is 18.4 Å². The minimum absolute atomic E-state index is 0.0205. The van der Waals surface area contributed by atoms with Crippen LogP contribution >= 0.6 is 0 Å². The van der Waals surface area contributed by atoms with Gasteiger partial charge in [-0.2, -0.15) is 0 Å². The Morgan fingerprint density at radius 3 is 2.61 bits per heavy atom. The van der Waals surface area contributed by atoms with Crippen LogP contribution in [0.4, 0.5) is 5.69 Å². The van der Waals surface area contributed by atoms with Crippen molar-refractivity contribution >= 4 is 17.5 Å². The number of nitrogens with zero attached hydrogens (tertiary/aromatic N) is 1. The molecular formula is C23H26N2O3. The molecule has 146 valence electrons. The second kappa shape index (κ2) is 7.66. The minimum Gasteiger partial charge on any atom is -0.483 e. The third kappa shape index (κ3) is 3.26. The summed E-state index contributed by atoms with van der Waals surface area (Å²) in [4.78, 5) is 27.1. The fourth-order valence-corrected chi connectivity index (χ4v) is 4.36. The lowest BCUT2D eigenvalue weighted by Crippen LogP contribution is -2.49. The van der Waals surface area contributed by atoms with Crippen molar-refractivity contribution in [3.8, 4) is 5.75 Å². The van der Waals surface area contributed by atoms with Crippen LogP contribution in [0.25, 0.3) is 0 Å². The first-order valence-electron chi connectivity index (χ1n) is 10.0. The molecule has 5 nitrogen and oxygen atoms in total. The molecule has 0 aliphatic carbocycles. The number of benzene rings is 2. The molecule has 2 aromatic rings. The lowest BCUT2D eigenvalue weighted by molar-refractivity contribution is -0.137. The van der Waals surface area contributed by atoms with Crippen LogP contribution in [0.5, 0.6) is 5.75 Å². The molecule has 0 aromatic heterocycles. The first kappa shape index (κ1) is 18.5. The highest BCUT2D eigenvalue weighted by atomic mass is 16.5. The summed E-state index contributed by atoms with van der Waals surface area (Å²) in [6.07, 6.45) is 3.26. The fourth-order valence-electron chi connectivity index (χ4n) is 4.36. The Kier molecular flexibility index (Phi) is 5.07. The predicted octanol–water partition coefficient (Wildman–Crippen LogP) is 3.53. The molecule has 0 unspecified atom stereocenters. The Hall–Kier alpha value is -2.82. The molecule has 5 heteroatoms. The Bertz CT molecular complexity index is 885. The summed E-state index contributed by atoms with van der Waals surface area (Å²) in [5.41, 5.74) is 2.61. The van der Waals surface area contributed by atoms with Gasteiger partial charge in [-0.3, -0.25) is 9.59 Å². The van der Waals surface area contributed by atoms with E-state index in [0.717, 1.165) is 35.4 Å². The Morgan fingerprint density at radius 1 is 1.11 bits per heavy atom. The SMILES string of the molecule is CCCc1ccccc1OCC(=O)N1CCC2(CC1)C(=O)Nc1ccccc12. The number of amides is 2. The van der Waals surface area contributed by atoms with Crippen molar-refractivity contribution in [1.29, 1.82) is 0 Å². The standard InChI is InChI=1S/C23H26N2O3/c1-2-7-17-8-3-6-11-20(17)28-16-21(26)25-14-12-23(13-15-25)18-9-4-5-10-19(18)24-22(23)27/h3-6,8-11H,2,7,12-16H2,1H3,(H,24,27). The summed E-state index contributed by atoms with van der Waals surface area (Å²) in [6.45, 7) is 3.31. The van der Waals surface area contributed by atoms with Gasteiger partial charge in [0.15, 0.2) is 6.61 Å². The summed E-state index contributed by atoms with van der Waals surface area (Å²) >= 11 is 0. The smallest absolute Gasteiger partial charge is 0.260 e. The quantitative estimate of drug-likeness (QED) is 0.866. The van der Waals surface area contributed by atoms with Crippen LogP contribution in [0.15, 0.2) is 48.5 Å². The number of carbonyl (C=O) groups is 2. The van der Waals surface area contributed by atoms with Crippen molar-refractivity contribution in [3.63, 3.8) is 0 Å². The van der Waals surface area contributed by atoms with E-state index in [2.05, 4.69) is 12.2 Å². The summed E-state index contributed by atoms with van der Waals surface area (Å²) in [6, 6.07) is 15.8. The van der Waals surface area contributed by atoms with Gasteiger partial charge in [-0.1, -0.05) is 49.7 Å². The molecule has 2 aliphatic heterocycles. The Balaban J connectivity index is 1.38. The molecule has 0 saturated carbocycles. The van der Waals surface area contributed by atoms with E-state index in [0.29, 0.717) is 25.9 Å². The number of aryl methyl sites for hydroxylation is 1. The maximum Gasteiger partial charge on any atom is 0.260 e. The first-order chi connectivity index (χ1) is 13.6. The maximum atomic E-state index is 12.7. The molecule has 2 amide bonds. The van der Waals surface area contributed by atoms with Crippen molar-refractivity contribution in [2.24, 2.45) is 0 Å². The van der Waals surface area contributed by atoms with Gasteiger partial charge in [-0.05, 0) is 42.5 Å². The van der Waals surface area contributed by atoms with Gasteiger partial charge in [-0.25, -0.2) is 0 Å². The van der Waals surface area contributed by atoms with Crippen LogP contribution < -0.4 is 10.1 Å². The second-order valence-corrected chi connectivity index (χ2v) is 7.61. The van der Waals surface area contributed by atoms with E-state index < -0.39 is 5.41 Å². The molecular weight excluding hydrogens is 352 g/mol. The van der Waals surface area contributed by atoms with E-state index in [1.807, 2.05) is 53.4 Å². The fraction of sp³-hybridized carbons (Fsp3) is 0.391. The number of rotatable bonds is 5. The number of fused-ring (bicyclic) bond motifs is 2. The molecule has 1 saturated heterocycles.